The Bertz CT molecular complexity index is 753. The molecule has 8 nitrogen and oxygen atoms in total. The zero-order valence-corrected chi connectivity index (χ0v) is 15.2. The second kappa shape index (κ2) is 7.77. The first-order valence-electron chi connectivity index (χ1n) is 9.16. The quantitative estimate of drug-likeness (QED) is 0.587. The molecule has 0 radical (unpaired) electrons. The zero-order valence-electron chi connectivity index (χ0n) is 15.2. The fourth-order valence-corrected chi connectivity index (χ4v) is 3.45. The van der Waals surface area contributed by atoms with E-state index in [1.807, 2.05) is 6.92 Å². The summed E-state index contributed by atoms with van der Waals surface area (Å²) < 4.78 is 5.04. The molecule has 1 aromatic rings. The molecule has 0 atom stereocenters. The molecule has 1 aliphatic carbocycles. The molecule has 0 bridgehead atoms. The molecule has 3 rings (SSSR count). The van der Waals surface area contributed by atoms with E-state index in [0.29, 0.717) is 30.7 Å². The Morgan fingerprint density at radius 3 is 2.48 bits per heavy atom. The summed E-state index contributed by atoms with van der Waals surface area (Å²) in [6.07, 6.45) is 3.75. The van der Waals surface area contributed by atoms with Crippen molar-refractivity contribution in [2.45, 2.75) is 44.6 Å². The van der Waals surface area contributed by atoms with E-state index in [-0.39, 0.29) is 12.5 Å². The van der Waals surface area contributed by atoms with Crippen molar-refractivity contribution >= 4 is 29.5 Å². The van der Waals surface area contributed by atoms with Crippen LogP contribution < -0.4 is 10.6 Å². The van der Waals surface area contributed by atoms with E-state index in [9.17, 15) is 19.2 Å². The summed E-state index contributed by atoms with van der Waals surface area (Å²) in [5.41, 5.74) is 0.0334. The number of benzene rings is 1. The lowest BCUT2D eigenvalue weighted by atomic mass is 9.98. The van der Waals surface area contributed by atoms with E-state index in [1.54, 1.807) is 24.3 Å². The SMILES string of the molecule is CCCOC(=O)c1ccc(NC(=O)CN2C(=O)NC3(CCCC3)C2=O)cc1. The van der Waals surface area contributed by atoms with Gasteiger partial charge in [-0.3, -0.25) is 14.5 Å². The van der Waals surface area contributed by atoms with Gasteiger partial charge in [0.2, 0.25) is 5.91 Å². The monoisotopic (exact) mass is 373 g/mol. The number of carbonyl (C=O) groups is 4. The van der Waals surface area contributed by atoms with Gasteiger partial charge in [0.15, 0.2) is 0 Å². The molecular weight excluding hydrogens is 350 g/mol. The first-order chi connectivity index (χ1) is 12.9. The van der Waals surface area contributed by atoms with Crippen molar-refractivity contribution in [3.05, 3.63) is 29.8 Å². The van der Waals surface area contributed by atoms with Gasteiger partial charge in [-0.1, -0.05) is 19.8 Å². The Balaban J connectivity index is 1.57. The fourth-order valence-electron chi connectivity index (χ4n) is 3.45. The lowest BCUT2D eigenvalue weighted by Crippen LogP contribution is -2.44. The number of nitrogens with one attached hydrogen (secondary N) is 2. The first kappa shape index (κ1) is 18.9. The molecule has 1 heterocycles. The van der Waals surface area contributed by atoms with Crippen LogP contribution in [0.3, 0.4) is 0 Å². The highest BCUT2D eigenvalue weighted by Gasteiger charge is 2.52. The minimum Gasteiger partial charge on any atom is -0.462 e. The van der Waals surface area contributed by atoms with Gasteiger partial charge in [0.25, 0.3) is 5.91 Å². The van der Waals surface area contributed by atoms with Gasteiger partial charge >= 0.3 is 12.0 Å². The molecule has 1 aromatic carbocycles. The number of esters is 1. The number of ether oxygens (including phenoxy) is 1. The predicted octanol–water partition coefficient (Wildman–Crippen LogP) is 2.06. The van der Waals surface area contributed by atoms with E-state index in [4.69, 9.17) is 4.74 Å². The summed E-state index contributed by atoms with van der Waals surface area (Å²) in [5.74, 6) is -1.22. The van der Waals surface area contributed by atoms with E-state index in [1.165, 1.54) is 0 Å². The molecule has 0 aromatic heterocycles. The van der Waals surface area contributed by atoms with Crippen molar-refractivity contribution in [3.63, 3.8) is 0 Å². The third-order valence-electron chi connectivity index (χ3n) is 4.85. The lowest BCUT2D eigenvalue weighted by Gasteiger charge is -2.19. The Labute approximate surface area is 157 Å². The Morgan fingerprint density at radius 2 is 1.85 bits per heavy atom. The molecule has 2 aliphatic rings. The van der Waals surface area contributed by atoms with Crippen LogP contribution in [0.5, 0.6) is 0 Å². The largest absolute Gasteiger partial charge is 0.462 e. The highest BCUT2D eigenvalue weighted by atomic mass is 16.5. The molecule has 2 N–H and O–H groups in total. The van der Waals surface area contributed by atoms with Crippen molar-refractivity contribution in [1.29, 1.82) is 0 Å². The normalized spacial score (nSPS) is 17.9. The molecule has 8 heteroatoms. The predicted molar refractivity (Wildman–Crippen MR) is 97.1 cm³/mol. The van der Waals surface area contributed by atoms with Crippen LogP contribution in [0.15, 0.2) is 24.3 Å². The number of rotatable bonds is 6. The molecule has 0 unspecified atom stereocenters. The minimum atomic E-state index is -0.822. The number of anilines is 1. The van der Waals surface area contributed by atoms with Crippen LogP contribution in [0.25, 0.3) is 0 Å². The van der Waals surface area contributed by atoms with Crippen molar-refractivity contribution in [1.82, 2.24) is 10.2 Å². The van der Waals surface area contributed by atoms with Crippen molar-refractivity contribution in [2.24, 2.45) is 0 Å². The summed E-state index contributed by atoms with van der Waals surface area (Å²) in [6.45, 7) is 1.92. The summed E-state index contributed by atoms with van der Waals surface area (Å²) >= 11 is 0. The summed E-state index contributed by atoms with van der Waals surface area (Å²) in [4.78, 5) is 49.6. The van der Waals surface area contributed by atoms with Gasteiger partial charge in [-0.15, -0.1) is 0 Å². The lowest BCUT2D eigenvalue weighted by molar-refractivity contribution is -0.133. The standard InChI is InChI=1S/C19H23N3O5/c1-2-11-27-16(24)13-5-7-14(8-6-13)20-15(23)12-22-17(25)19(21-18(22)26)9-3-4-10-19/h5-8H,2-4,9-12H2,1H3,(H,20,23)(H,21,26). The number of imide groups is 1. The van der Waals surface area contributed by atoms with Crippen LogP contribution in [0, 0.1) is 0 Å². The van der Waals surface area contributed by atoms with Gasteiger partial charge in [-0.05, 0) is 43.5 Å². The van der Waals surface area contributed by atoms with Gasteiger partial charge in [0.05, 0.1) is 12.2 Å². The molecule has 1 saturated carbocycles. The number of hydrogen-bond acceptors (Lipinski definition) is 5. The van der Waals surface area contributed by atoms with Gasteiger partial charge in [0, 0.05) is 5.69 Å². The number of nitrogens with zero attached hydrogens (tertiary/aromatic N) is 1. The fraction of sp³-hybridized carbons (Fsp3) is 0.474. The van der Waals surface area contributed by atoms with Gasteiger partial charge in [-0.25, -0.2) is 9.59 Å². The third kappa shape index (κ3) is 3.94. The Kier molecular flexibility index (Phi) is 5.43. The van der Waals surface area contributed by atoms with Crippen LogP contribution >= 0.6 is 0 Å². The van der Waals surface area contributed by atoms with Crippen molar-refractivity contribution in [2.75, 3.05) is 18.5 Å². The number of hydrogen-bond donors (Lipinski definition) is 2. The Hall–Kier alpha value is -2.90. The van der Waals surface area contributed by atoms with Gasteiger partial charge in [-0.2, -0.15) is 0 Å². The second-order valence-corrected chi connectivity index (χ2v) is 6.87. The van der Waals surface area contributed by atoms with E-state index in [0.717, 1.165) is 24.2 Å². The smallest absolute Gasteiger partial charge is 0.338 e. The maximum Gasteiger partial charge on any atom is 0.338 e. The molecule has 144 valence electrons. The summed E-state index contributed by atoms with van der Waals surface area (Å²) in [5, 5.41) is 5.37. The van der Waals surface area contributed by atoms with Crippen molar-refractivity contribution < 1.29 is 23.9 Å². The molecule has 27 heavy (non-hydrogen) atoms. The van der Waals surface area contributed by atoms with Crippen LogP contribution in [0.4, 0.5) is 10.5 Å². The highest BCUT2D eigenvalue weighted by Crippen LogP contribution is 2.34. The minimum absolute atomic E-state index is 0.325. The highest BCUT2D eigenvalue weighted by molar-refractivity contribution is 6.10. The van der Waals surface area contributed by atoms with E-state index in [2.05, 4.69) is 10.6 Å². The summed E-state index contributed by atoms with van der Waals surface area (Å²) in [6, 6.07) is 5.73. The zero-order chi connectivity index (χ0) is 19.4. The molecule has 1 saturated heterocycles. The Morgan fingerprint density at radius 1 is 1.19 bits per heavy atom. The van der Waals surface area contributed by atoms with Crippen molar-refractivity contribution in [3.8, 4) is 0 Å². The molecule has 1 spiro atoms. The summed E-state index contributed by atoms with van der Waals surface area (Å²) in [7, 11) is 0. The maximum atomic E-state index is 12.5. The maximum absolute atomic E-state index is 12.5. The van der Waals surface area contributed by atoms with Gasteiger partial charge < -0.3 is 15.4 Å². The molecular formula is C19H23N3O5. The molecule has 1 aliphatic heterocycles. The van der Waals surface area contributed by atoms with Crippen LogP contribution in [-0.2, 0) is 14.3 Å². The molecule has 2 fully saturated rings. The number of carbonyl (C=O) groups excluding carboxylic acids is 4. The second-order valence-electron chi connectivity index (χ2n) is 6.87. The van der Waals surface area contributed by atoms with Crippen LogP contribution in [0.2, 0.25) is 0 Å². The van der Waals surface area contributed by atoms with Crippen LogP contribution in [-0.4, -0.2) is 47.4 Å². The molecule has 4 amide bonds. The topological polar surface area (TPSA) is 105 Å². The van der Waals surface area contributed by atoms with Gasteiger partial charge in [0.1, 0.15) is 12.1 Å². The third-order valence-corrected chi connectivity index (χ3v) is 4.85. The first-order valence-corrected chi connectivity index (χ1v) is 9.16. The number of urea groups is 1. The van der Waals surface area contributed by atoms with E-state index < -0.39 is 23.4 Å². The average Bonchev–Trinajstić information content (AvgIpc) is 3.21. The van der Waals surface area contributed by atoms with Crippen LogP contribution in [0.1, 0.15) is 49.4 Å². The average molecular weight is 373 g/mol. The van der Waals surface area contributed by atoms with E-state index >= 15 is 0 Å². The number of amides is 4.